The first-order chi connectivity index (χ1) is 15.7. The second-order valence-corrected chi connectivity index (χ2v) is 12.6. The normalized spacial score (nSPS) is 47.9. The summed E-state index contributed by atoms with van der Waals surface area (Å²) in [7, 11) is 0. The van der Waals surface area contributed by atoms with Crippen molar-refractivity contribution in [1.82, 2.24) is 0 Å². The monoisotopic (exact) mass is 474 g/mol. The van der Waals surface area contributed by atoms with Gasteiger partial charge in [-0.15, -0.1) is 0 Å². The highest BCUT2D eigenvalue weighted by Crippen LogP contribution is 2.74. The van der Waals surface area contributed by atoms with Crippen molar-refractivity contribution in [2.75, 3.05) is 0 Å². The Morgan fingerprint density at radius 3 is 2.24 bits per heavy atom. The molecule has 0 amide bonds. The van der Waals surface area contributed by atoms with E-state index in [1.54, 1.807) is 0 Å². The number of hydrogen-bond acceptors (Lipinski definition) is 7. The lowest BCUT2D eigenvalue weighted by atomic mass is 9.38. The molecule has 188 valence electrons. The summed E-state index contributed by atoms with van der Waals surface area (Å²) < 4.78 is 25.0. The molecule has 0 aromatic heterocycles. The number of Topliss-reactive ketones (excluding diaryl/α,β-unsaturated/α-hetero) is 1. The number of rotatable bonds is 2. The molecular formula is C27H38O7. The van der Waals surface area contributed by atoms with Gasteiger partial charge >= 0.3 is 11.9 Å². The predicted molar refractivity (Wildman–Crippen MR) is 122 cm³/mol. The van der Waals surface area contributed by atoms with E-state index in [-0.39, 0.29) is 47.2 Å². The highest BCUT2D eigenvalue weighted by Gasteiger charge is 2.80. The minimum absolute atomic E-state index is 0.0349. The minimum Gasteiger partial charge on any atom is -0.462 e. The molecule has 5 aliphatic rings. The fraction of sp³-hybridized carbons (Fsp3) is 0.815. The summed E-state index contributed by atoms with van der Waals surface area (Å²) in [5, 5.41) is 0. The van der Waals surface area contributed by atoms with Gasteiger partial charge in [0.2, 0.25) is 0 Å². The van der Waals surface area contributed by atoms with Gasteiger partial charge in [-0.25, -0.2) is 0 Å². The molecule has 4 saturated carbocycles. The number of ether oxygens (including phenoxy) is 4. The standard InChI is InChI=1S/C27H38O7/c1-13-21-16(31-14(2)28)11-18-26(8)17(24(4,5)10-9-19(26)32-15(3)29)12-20-27(18,22(13)30)23(21)34-25(6,7)33-20/h16-21,23H,1,9-12H2,2-8H3/t16-,17+,18-,19-,20+,21+,23+,26+,27-/m0/s1. The third-order valence-electron chi connectivity index (χ3n) is 9.96. The molecule has 7 nitrogen and oxygen atoms in total. The molecular weight excluding hydrogens is 436 g/mol. The van der Waals surface area contributed by atoms with Crippen LogP contribution < -0.4 is 0 Å². The van der Waals surface area contributed by atoms with Crippen LogP contribution in [0.3, 0.4) is 0 Å². The fourth-order valence-corrected chi connectivity index (χ4v) is 8.93. The van der Waals surface area contributed by atoms with E-state index in [4.69, 9.17) is 18.9 Å². The maximum Gasteiger partial charge on any atom is 0.302 e. The molecule has 5 rings (SSSR count). The highest BCUT2D eigenvalue weighted by molar-refractivity contribution is 6.05. The van der Waals surface area contributed by atoms with Gasteiger partial charge in [-0.1, -0.05) is 27.4 Å². The summed E-state index contributed by atoms with van der Waals surface area (Å²) in [6.45, 7) is 17.5. The van der Waals surface area contributed by atoms with E-state index in [1.165, 1.54) is 13.8 Å². The fourth-order valence-electron chi connectivity index (χ4n) is 8.93. The number of carbonyl (C=O) groups excluding carboxylic acids is 3. The molecule has 0 aromatic rings. The van der Waals surface area contributed by atoms with E-state index in [9.17, 15) is 14.4 Å². The quantitative estimate of drug-likeness (QED) is 0.442. The summed E-state index contributed by atoms with van der Waals surface area (Å²) in [4.78, 5) is 38.5. The molecule has 4 aliphatic carbocycles. The van der Waals surface area contributed by atoms with Crippen molar-refractivity contribution in [3.05, 3.63) is 12.2 Å². The number of hydrogen-bond donors (Lipinski definition) is 0. The SMILES string of the molecule is C=C1C(=O)[C@@]23[C@@H]4OC(C)(C)O[C@@H]2C[C@@H]2C(C)(C)CC[C@H](OC(C)=O)[C@@]2(C)[C@@H]3C[C@H](OC(C)=O)[C@@H]14. The molecule has 7 heteroatoms. The van der Waals surface area contributed by atoms with Crippen molar-refractivity contribution < 1.29 is 33.3 Å². The Morgan fingerprint density at radius 1 is 0.971 bits per heavy atom. The summed E-state index contributed by atoms with van der Waals surface area (Å²) in [5.74, 6) is -2.12. The van der Waals surface area contributed by atoms with Crippen LogP contribution in [0.5, 0.6) is 0 Å². The Morgan fingerprint density at radius 2 is 1.62 bits per heavy atom. The van der Waals surface area contributed by atoms with Crippen LogP contribution >= 0.6 is 0 Å². The van der Waals surface area contributed by atoms with Gasteiger partial charge in [0.1, 0.15) is 12.2 Å². The topological polar surface area (TPSA) is 88.1 Å². The van der Waals surface area contributed by atoms with Crippen LogP contribution in [0, 0.1) is 34.0 Å². The first kappa shape index (κ1) is 24.0. The van der Waals surface area contributed by atoms with Crippen molar-refractivity contribution in [2.24, 2.45) is 34.0 Å². The third kappa shape index (κ3) is 2.92. The Bertz CT molecular complexity index is 966. The minimum atomic E-state index is -0.926. The molecule has 9 atom stereocenters. The number of esters is 2. The molecule has 1 heterocycles. The van der Waals surface area contributed by atoms with E-state index in [2.05, 4.69) is 27.4 Å². The van der Waals surface area contributed by atoms with Crippen LogP contribution in [-0.2, 0) is 33.3 Å². The van der Waals surface area contributed by atoms with Crippen LogP contribution in [-0.4, -0.2) is 47.9 Å². The van der Waals surface area contributed by atoms with Crippen LogP contribution in [0.2, 0.25) is 0 Å². The Hall–Kier alpha value is -1.73. The zero-order chi connectivity index (χ0) is 25.0. The molecule has 1 saturated heterocycles. The van der Waals surface area contributed by atoms with Gasteiger partial charge in [0.15, 0.2) is 11.6 Å². The molecule has 1 aliphatic heterocycles. The maximum atomic E-state index is 14.2. The molecule has 5 fully saturated rings. The smallest absolute Gasteiger partial charge is 0.302 e. The van der Waals surface area contributed by atoms with Crippen molar-refractivity contribution in [3.63, 3.8) is 0 Å². The first-order valence-corrected chi connectivity index (χ1v) is 12.6. The maximum absolute atomic E-state index is 14.2. The second kappa shape index (κ2) is 7.16. The van der Waals surface area contributed by atoms with E-state index in [0.29, 0.717) is 18.4 Å². The van der Waals surface area contributed by atoms with Crippen LogP contribution in [0.15, 0.2) is 12.2 Å². The van der Waals surface area contributed by atoms with E-state index in [1.807, 2.05) is 13.8 Å². The van der Waals surface area contributed by atoms with Gasteiger partial charge in [-0.2, -0.15) is 0 Å². The lowest BCUT2D eigenvalue weighted by Gasteiger charge is -2.70. The van der Waals surface area contributed by atoms with E-state index < -0.39 is 34.7 Å². The van der Waals surface area contributed by atoms with Gasteiger partial charge in [0.05, 0.1) is 23.5 Å². The van der Waals surface area contributed by atoms with Crippen LogP contribution in [0.4, 0.5) is 0 Å². The van der Waals surface area contributed by atoms with Gasteiger partial charge in [-0.05, 0) is 62.4 Å². The Labute approximate surface area is 201 Å². The second-order valence-electron chi connectivity index (χ2n) is 12.6. The molecule has 0 N–H and O–H groups in total. The van der Waals surface area contributed by atoms with Crippen molar-refractivity contribution >= 4 is 17.7 Å². The largest absolute Gasteiger partial charge is 0.462 e. The lowest BCUT2D eigenvalue weighted by molar-refractivity contribution is -0.390. The zero-order valence-corrected chi connectivity index (χ0v) is 21.4. The zero-order valence-electron chi connectivity index (χ0n) is 21.4. The molecule has 34 heavy (non-hydrogen) atoms. The molecule has 0 unspecified atom stereocenters. The van der Waals surface area contributed by atoms with E-state index in [0.717, 1.165) is 12.8 Å². The summed E-state index contributed by atoms with van der Waals surface area (Å²) >= 11 is 0. The predicted octanol–water partition coefficient (Wildman–Crippen LogP) is 3.98. The molecule has 0 aromatic carbocycles. The molecule has 0 radical (unpaired) electrons. The highest BCUT2D eigenvalue weighted by atomic mass is 16.7. The van der Waals surface area contributed by atoms with Crippen LogP contribution in [0.1, 0.15) is 74.1 Å². The summed E-state index contributed by atoms with van der Waals surface area (Å²) in [6.07, 6.45) is 1.13. The number of ketones is 1. The van der Waals surface area contributed by atoms with Crippen molar-refractivity contribution in [2.45, 2.75) is 104 Å². The van der Waals surface area contributed by atoms with Gasteiger partial charge in [0, 0.05) is 19.3 Å². The third-order valence-corrected chi connectivity index (χ3v) is 9.96. The Kier molecular flexibility index (Phi) is 5.05. The van der Waals surface area contributed by atoms with Crippen LogP contribution in [0.25, 0.3) is 0 Å². The summed E-state index contributed by atoms with van der Waals surface area (Å²) in [5.41, 5.74) is -1.02. The van der Waals surface area contributed by atoms with Gasteiger partial charge in [0.25, 0.3) is 0 Å². The van der Waals surface area contributed by atoms with Crippen molar-refractivity contribution in [3.8, 4) is 0 Å². The first-order valence-electron chi connectivity index (χ1n) is 12.6. The number of carbonyl (C=O) groups is 3. The lowest BCUT2D eigenvalue weighted by Crippen LogP contribution is -2.75. The summed E-state index contributed by atoms with van der Waals surface area (Å²) in [6, 6.07) is 0. The Balaban J connectivity index is 1.74. The molecule has 2 bridgehead atoms. The van der Waals surface area contributed by atoms with Gasteiger partial charge < -0.3 is 18.9 Å². The van der Waals surface area contributed by atoms with Crippen molar-refractivity contribution in [1.29, 1.82) is 0 Å². The molecule has 1 spiro atoms. The average molecular weight is 475 g/mol. The number of fused-ring (bicyclic) bond motifs is 2. The van der Waals surface area contributed by atoms with E-state index >= 15 is 0 Å². The van der Waals surface area contributed by atoms with Gasteiger partial charge in [-0.3, -0.25) is 14.4 Å². The average Bonchev–Trinajstić information content (AvgIpc) is 2.84.